The van der Waals surface area contributed by atoms with Crippen LogP contribution >= 0.6 is 11.6 Å². The van der Waals surface area contributed by atoms with E-state index in [-0.39, 0.29) is 6.10 Å². The van der Waals surface area contributed by atoms with Gasteiger partial charge < -0.3 is 19.9 Å². The predicted octanol–water partition coefficient (Wildman–Crippen LogP) is 2.41. The first-order valence-electron chi connectivity index (χ1n) is 6.60. The molecule has 5 nitrogen and oxygen atoms in total. The SMILES string of the molecule is NC[C@@H]1COc2ccc(OCc3cncc(Cl)c3)cc2O1. The number of ether oxygens (including phenoxy) is 3. The zero-order valence-electron chi connectivity index (χ0n) is 11.3. The van der Waals surface area contributed by atoms with E-state index in [1.165, 1.54) is 0 Å². The number of pyridine rings is 1. The molecule has 0 radical (unpaired) electrons. The molecule has 21 heavy (non-hydrogen) atoms. The molecule has 2 heterocycles. The van der Waals surface area contributed by atoms with Crippen LogP contribution in [0.15, 0.2) is 36.7 Å². The molecular formula is C15H15ClN2O3. The second-order valence-electron chi connectivity index (χ2n) is 4.70. The van der Waals surface area contributed by atoms with Crippen molar-refractivity contribution in [3.63, 3.8) is 0 Å². The monoisotopic (exact) mass is 306 g/mol. The van der Waals surface area contributed by atoms with Crippen LogP contribution in [0.5, 0.6) is 17.2 Å². The molecular weight excluding hydrogens is 292 g/mol. The van der Waals surface area contributed by atoms with Gasteiger partial charge in [-0.3, -0.25) is 4.98 Å². The summed E-state index contributed by atoms with van der Waals surface area (Å²) in [6.45, 7) is 1.27. The minimum absolute atomic E-state index is 0.120. The number of aromatic nitrogens is 1. The molecule has 2 aromatic rings. The van der Waals surface area contributed by atoms with Crippen LogP contribution in [-0.4, -0.2) is 24.2 Å². The fourth-order valence-electron chi connectivity index (χ4n) is 2.00. The van der Waals surface area contributed by atoms with E-state index in [2.05, 4.69) is 4.98 Å². The van der Waals surface area contributed by atoms with E-state index in [4.69, 9.17) is 31.5 Å². The van der Waals surface area contributed by atoms with E-state index in [0.29, 0.717) is 42.0 Å². The molecule has 1 aromatic heterocycles. The molecule has 2 N–H and O–H groups in total. The first-order valence-corrected chi connectivity index (χ1v) is 6.98. The Labute approximate surface area is 127 Å². The molecule has 0 aliphatic carbocycles. The first kappa shape index (κ1) is 14.0. The summed E-state index contributed by atoms with van der Waals surface area (Å²) in [6, 6.07) is 7.28. The zero-order chi connectivity index (χ0) is 14.7. The maximum Gasteiger partial charge on any atom is 0.165 e. The Morgan fingerprint density at radius 2 is 2.19 bits per heavy atom. The summed E-state index contributed by atoms with van der Waals surface area (Å²) in [4.78, 5) is 4.02. The molecule has 0 fully saturated rings. The van der Waals surface area contributed by atoms with Crippen LogP contribution in [0, 0.1) is 0 Å². The Morgan fingerprint density at radius 3 is 3.00 bits per heavy atom. The average molecular weight is 307 g/mol. The summed E-state index contributed by atoms with van der Waals surface area (Å²) in [6.07, 6.45) is 3.18. The van der Waals surface area contributed by atoms with Crippen LogP contribution in [-0.2, 0) is 6.61 Å². The summed E-state index contributed by atoms with van der Waals surface area (Å²) in [5.41, 5.74) is 6.49. The highest BCUT2D eigenvalue weighted by atomic mass is 35.5. The first-order chi connectivity index (χ1) is 10.2. The highest BCUT2D eigenvalue weighted by molar-refractivity contribution is 6.30. The third-order valence-electron chi connectivity index (χ3n) is 3.06. The van der Waals surface area contributed by atoms with Gasteiger partial charge in [0.2, 0.25) is 0 Å². The molecule has 1 aliphatic heterocycles. The Hall–Kier alpha value is -1.98. The van der Waals surface area contributed by atoms with Crippen molar-refractivity contribution in [1.82, 2.24) is 4.98 Å². The lowest BCUT2D eigenvalue weighted by Gasteiger charge is -2.25. The maximum absolute atomic E-state index is 5.89. The summed E-state index contributed by atoms with van der Waals surface area (Å²) in [5, 5.41) is 0.587. The lowest BCUT2D eigenvalue weighted by Crippen LogP contribution is -2.35. The van der Waals surface area contributed by atoms with Gasteiger partial charge in [-0.05, 0) is 18.2 Å². The van der Waals surface area contributed by atoms with Crippen molar-refractivity contribution in [3.8, 4) is 17.2 Å². The van der Waals surface area contributed by atoms with Crippen LogP contribution in [0.4, 0.5) is 0 Å². The number of halogens is 1. The van der Waals surface area contributed by atoms with E-state index in [0.717, 1.165) is 5.56 Å². The van der Waals surface area contributed by atoms with Crippen LogP contribution in [0.25, 0.3) is 0 Å². The van der Waals surface area contributed by atoms with Crippen molar-refractivity contribution in [1.29, 1.82) is 0 Å². The van der Waals surface area contributed by atoms with Crippen molar-refractivity contribution in [2.24, 2.45) is 5.73 Å². The Morgan fingerprint density at radius 1 is 1.29 bits per heavy atom. The molecule has 0 saturated carbocycles. The van der Waals surface area contributed by atoms with Crippen molar-refractivity contribution in [3.05, 3.63) is 47.2 Å². The molecule has 6 heteroatoms. The molecule has 0 spiro atoms. The Kier molecular flexibility index (Phi) is 4.13. The van der Waals surface area contributed by atoms with E-state index in [1.807, 2.05) is 18.2 Å². The lowest BCUT2D eigenvalue weighted by atomic mass is 10.2. The van der Waals surface area contributed by atoms with E-state index >= 15 is 0 Å². The fourth-order valence-corrected chi connectivity index (χ4v) is 2.20. The standard InChI is InChI=1S/C15H15ClN2O3/c16-11-3-10(6-18-7-11)8-19-12-1-2-14-15(4-12)21-13(5-17)9-20-14/h1-4,6-7,13H,5,8-9,17H2/t13-/m1/s1. The Balaban J connectivity index is 1.69. The van der Waals surface area contributed by atoms with Gasteiger partial charge in [0.05, 0.1) is 5.02 Å². The van der Waals surface area contributed by atoms with Gasteiger partial charge in [-0.15, -0.1) is 0 Å². The molecule has 0 saturated heterocycles. The second-order valence-corrected chi connectivity index (χ2v) is 5.13. The third kappa shape index (κ3) is 3.37. The quantitative estimate of drug-likeness (QED) is 0.939. The van der Waals surface area contributed by atoms with Crippen LogP contribution in [0.3, 0.4) is 0 Å². The number of rotatable bonds is 4. The van der Waals surface area contributed by atoms with Crippen molar-refractivity contribution < 1.29 is 14.2 Å². The van der Waals surface area contributed by atoms with Gasteiger partial charge in [-0.1, -0.05) is 11.6 Å². The minimum Gasteiger partial charge on any atom is -0.489 e. The van der Waals surface area contributed by atoms with Crippen molar-refractivity contribution in [2.45, 2.75) is 12.7 Å². The normalized spacial score (nSPS) is 16.6. The average Bonchev–Trinajstić information content (AvgIpc) is 2.52. The van der Waals surface area contributed by atoms with Crippen molar-refractivity contribution >= 4 is 11.6 Å². The summed E-state index contributed by atoms with van der Waals surface area (Å²) in [7, 11) is 0. The van der Waals surface area contributed by atoms with E-state index in [9.17, 15) is 0 Å². The molecule has 1 aliphatic rings. The Bertz CT molecular complexity index is 636. The van der Waals surface area contributed by atoms with Crippen molar-refractivity contribution in [2.75, 3.05) is 13.2 Å². The largest absolute Gasteiger partial charge is 0.489 e. The van der Waals surface area contributed by atoms with Gasteiger partial charge in [0, 0.05) is 30.6 Å². The number of fused-ring (bicyclic) bond motifs is 1. The molecule has 0 amide bonds. The zero-order valence-corrected chi connectivity index (χ0v) is 12.0. The molecule has 3 rings (SSSR count). The second kappa shape index (κ2) is 6.20. The van der Waals surface area contributed by atoms with E-state index in [1.54, 1.807) is 18.5 Å². The fraction of sp³-hybridized carbons (Fsp3) is 0.267. The number of hydrogen-bond donors (Lipinski definition) is 1. The molecule has 110 valence electrons. The number of nitrogens with zero attached hydrogens (tertiary/aromatic N) is 1. The van der Waals surface area contributed by atoms with E-state index < -0.39 is 0 Å². The summed E-state index contributed by atoms with van der Waals surface area (Å²) < 4.78 is 17.0. The lowest BCUT2D eigenvalue weighted by molar-refractivity contribution is 0.0962. The minimum atomic E-state index is -0.120. The molecule has 1 atom stereocenters. The topological polar surface area (TPSA) is 66.6 Å². The summed E-state index contributed by atoms with van der Waals surface area (Å²) in [5.74, 6) is 2.05. The molecule has 0 unspecified atom stereocenters. The maximum atomic E-state index is 5.89. The van der Waals surface area contributed by atoms with Gasteiger partial charge in [0.15, 0.2) is 11.5 Å². The smallest absolute Gasteiger partial charge is 0.165 e. The summed E-state index contributed by atoms with van der Waals surface area (Å²) >= 11 is 5.89. The van der Waals surface area contributed by atoms with Gasteiger partial charge in [0.1, 0.15) is 25.1 Å². The number of hydrogen-bond acceptors (Lipinski definition) is 5. The highest BCUT2D eigenvalue weighted by Crippen LogP contribution is 2.35. The van der Waals surface area contributed by atoms with Gasteiger partial charge in [-0.25, -0.2) is 0 Å². The predicted molar refractivity (Wildman–Crippen MR) is 79.0 cm³/mol. The third-order valence-corrected chi connectivity index (χ3v) is 3.27. The van der Waals surface area contributed by atoms with Gasteiger partial charge in [0.25, 0.3) is 0 Å². The van der Waals surface area contributed by atoms with Crippen LogP contribution in [0.1, 0.15) is 5.56 Å². The molecule has 1 aromatic carbocycles. The number of nitrogens with two attached hydrogens (primary N) is 1. The molecule has 0 bridgehead atoms. The van der Waals surface area contributed by atoms with Gasteiger partial charge in [-0.2, -0.15) is 0 Å². The van der Waals surface area contributed by atoms with Gasteiger partial charge >= 0.3 is 0 Å². The number of benzene rings is 1. The van der Waals surface area contributed by atoms with Crippen LogP contribution in [0.2, 0.25) is 5.02 Å². The van der Waals surface area contributed by atoms with Crippen LogP contribution < -0.4 is 19.9 Å². The highest BCUT2D eigenvalue weighted by Gasteiger charge is 2.20.